The van der Waals surface area contributed by atoms with Gasteiger partial charge in [0.2, 0.25) is 6.54 Å². The third kappa shape index (κ3) is 2.68. The van der Waals surface area contributed by atoms with Gasteiger partial charge in [-0.15, -0.1) is 0 Å². The summed E-state index contributed by atoms with van der Waals surface area (Å²) in [6, 6.07) is 8.57. The van der Waals surface area contributed by atoms with Crippen LogP contribution in [0.5, 0.6) is 5.75 Å². The summed E-state index contributed by atoms with van der Waals surface area (Å²) in [5.74, 6) is -0.955. The van der Waals surface area contributed by atoms with E-state index in [1.165, 1.54) is 13.0 Å². The zero-order valence-corrected chi connectivity index (χ0v) is 12.3. The van der Waals surface area contributed by atoms with Gasteiger partial charge in [-0.25, -0.2) is 4.79 Å². The number of hydrogen-bond donors (Lipinski definition) is 2. The summed E-state index contributed by atoms with van der Waals surface area (Å²) in [6.07, 6.45) is 1.62. The lowest BCUT2D eigenvalue weighted by Crippen LogP contribution is -2.21. The smallest absolute Gasteiger partial charge is 0.343 e. The number of H-pyrrole nitrogens is 1. The molecule has 0 bridgehead atoms. The summed E-state index contributed by atoms with van der Waals surface area (Å²) in [6.45, 7) is 1.00. The van der Waals surface area contributed by atoms with Gasteiger partial charge in [-0.1, -0.05) is 18.2 Å². The van der Waals surface area contributed by atoms with Crippen molar-refractivity contribution < 1.29 is 14.4 Å². The lowest BCUT2D eigenvalue weighted by atomic mass is 9.91. The maximum Gasteiger partial charge on any atom is 0.343 e. The van der Waals surface area contributed by atoms with Crippen LogP contribution in [0.15, 0.2) is 45.7 Å². The molecule has 0 radical (unpaired) electrons. The van der Waals surface area contributed by atoms with E-state index in [4.69, 9.17) is 4.42 Å². The van der Waals surface area contributed by atoms with Crippen molar-refractivity contribution in [2.24, 2.45) is 0 Å². The molecule has 1 unspecified atom stereocenters. The second-order valence-corrected chi connectivity index (χ2v) is 5.30. The molecule has 1 atom stereocenters. The SMILES string of the molecule is Cc1cc(O)c(C(C[N+](=O)[O-])c2c[nH]c3ccccc23)c(=O)o1. The van der Waals surface area contributed by atoms with Gasteiger partial charge < -0.3 is 14.5 Å². The zero-order valence-electron chi connectivity index (χ0n) is 12.3. The number of nitro groups is 1. The van der Waals surface area contributed by atoms with Gasteiger partial charge >= 0.3 is 5.63 Å². The Labute approximate surface area is 130 Å². The fraction of sp³-hybridized carbons (Fsp3) is 0.188. The molecule has 118 valence electrons. The molecule has 2 heterocycles. The van der Waals surface area contributed by atoms with E-state index in [1.807, 2.05) is 12.1 Å². The van der Waals surface area contributed by atoms with Crippen LogP contribution in [0, 0.1) is 17.0 Å². The number of aromatic amines is 1. The van der Waals surface area contributed by atoms with E-state index in [1.54, 1.807) is 18.3 Å². The van der Waals surface area contributed by atoms with E-state index < -0.39 is 23.0 Å². The van der Waals surface area contributed by atoms with Crippen LogP contribution in [0.25, 0.3) is 10.9 Å². The number of nitrogens with one attached hydrogen (secondary N) is 1. The summed E-state index contributed by atoms with van der Waals surface area (Å²) < 4.78 is 5.01. The van der Waals surface area contributed by atoms with E-state index in [0.717, 1.165) is 10.9 Å². The summed E-state index contributed by atoms with van der Waals surface area (Å²) in [5.41, 5.74) is 0.507. The Morgan fingerprint density at radius 2 is 2.13 bits per heavy atom. The minimum absolute atomic E-state index is 0.1000. The molecule has 0 fully saturated rings. The molecule has 23 heavy (non-hydrogen) atoms. The molecule has 3 aromatic rings. The fourth-order valence-electron chi connectivity index (χ4n) is 2.80. The molecule has 3 rings (SSSR count). The zero-order chi connectivity index (χ0) is 16.6. The Morgan fingerprint density at radius 3 is 2.83 bits per heavy atom. The first-order valence-electron chi connectivity index (χ1n) is 6.99. The molecule has 2 aromatic heterocycles. The van der Waals surface area contributed by atoms with Gasteiger partial charge in [0, 0.05) is 28.1 Å². The quantitative estimate of drug-likeness (QED) is 0.568. The van der Waals surface area contributed by atoms with E-state index in [0.29, 0.717) is 5.56 Å². The van der Waals surface area contributed by atoms with Crippen molar-refractivity contribution in [2.75, 3.05) is 6.54 Å². The third-order valence-electron chi connectivity index (χ3n) is 3.77. The molecule has 0 spiro atoms. The Kier molecular flexibility index (Phi) is 3.61. The van der Waals surface area contributed by atoms with Gasteiger partial charge in [0.25, 0.3) is 0 Å². The van der Waals surface area contributed by atoms with Crippen molar-refractivity contribution in [3.05, 3.63) is 74.0 Å². The minimum Gasteiger partial charge on any atom is -0.507 e. The van der Waals surface area contributed by atoms with Crippen LogP contribution in [0.4, 0.5) is 0 Å². The molecule has 0 aliphatic heterocycles. The second-order valence-electron chi connectivity index (χ2n) is 5.30. The van der Waals surface area contributed by atoms with Crippen LogP contribution in [0.1, 0.15) is 22.8 Å². The standard InChI is InChI=1S/C16H14N2O5/c1-9-6-14(19)15(16(20)23-9)12(8-18(21)22)11-7-17-13-5-3-2-4-10(11)13/h2-7,12,17,19H,8H2,1H3. The highest BCUT2D eigenvalue weighted by Gasteiger charge is 2.29. The summed E-state index contributed by atoms with van der Waals surface area (Å²) in [7, 11) is 0. The summed E-state index contributed by atoms with van der Waals surface area (Å²) in [5, 5.41) is 22.0. The van der Waals surface area contributed by atoms with E-state index in [9.17, 15) is 20.0 Å². The van der Waals surface area contributed by atoms with Gasteiger partial charge in [0.05, 0.1) is 11.5 Å². The molecular formula is C16H14N2O5. The number of benzene rings is 1. The van der Waals surface area contributed by atoms with Crippen molar-refractivity contribution in [3.63, 3.8) is 0 Å². The van der Waals surface area contributed by atoms with E-state index in [2.05, 4.69) is 4.98 Å². The van der Waals surface area contributed by atoms with Crippen LogP contribution in [0.3, 0.4) is 0 Å². The fourth-order valence-corrected chi connectivity index (χ4v) is 2.80. The van der Waals surface area contributed by atoms with Gasteiger partial charge in [-0.05, 0) is 18.6 Å². The summed E-state index contributed by atoms with van der Waals surface area (Å²) in [4.78, 5) is 25.8. The lowest BCUT2D eigenvalue weighted by Gasteiger charge is -2.13. The molecule has 7 nitrogen and oxygen atoms in total. The molecule has 2 N–H and O–H groups in total. The highest BCUT2D eigenvalue weighted by atomic mass is 16.6. The molecule has 0 aliphatic rings. The molecule has 0 saturated heterocycles. The highest BCUT2D eigenvalue weighted by molar-refractivity contribution is 5.84. The van der Waals surface area contributed by atoms with Crippen LogP contribution in [-0.2, 0) is 0 Å². The molecular weight excluding hydrogens is 300 g/mol. The predicted octanol–water partition coefficient (Wildman–Crippen LogP) is 2.54. The first-order chi connectivity index (χ1) is 11.0. The molecule has 0 saturated carbocycles. The Bertz CT molecular complexity index is 941. The monoisotopic (exact) mass is 314 g/mol. The van der Waals surface area contributed by atoms with Gasteiger partial charge in [-0.3, -0.25) is 10.1 Å². The number of nitrogens with zero attached hydrogens (tertiary/aromatic N) is 1. The van der Waals surface area contributed by atoms with Gasteiger partial charge in [0.15, 0.2) is 0 Å². The molecule has 0 aliphatic carbocycles. The van der Waals surface area contributed by atoms with Crippen LogP contribution < -0.4 is 5.63 Å². The number of aromatic nitrogens is 1. The van der Waals surface area contributed by atoms with Crippen LogP contribution >= 0.6 is 0 Å². The molecule has 1 aromatic carbocycles. The Balaban J connectivity index is 2.24. The predicted molar refractivity (Wildman–Crippen MR) is 83.4 cm³/mol. The van der Waals surface area contributed by atoms with E-state index in [-0.39, 0.29) is 17.1 Å². The number of aryl methyl sites for hydroxylation is 1. The summed E-state index contributed by atoms with van der Waals surface area (Å²) >= 11 is 0. The van der Waals surface area contributed by atoms with E-state index >= 15 is 0 Å². The largest absolute Gasteiger partial charge is 0.507 e. The first-order valence-corrected chi connectivity index (χ1v) is 6.99. The maximum absolute atomic E-state index is 12.2. The molecule has 7 heteroatoms. The normalized spacial score (nSPS) is 12.4. The number of fused-ring (bicyclic) bond motifs is 1. The first kappa shape index (κ1) is 14.8. The number of rotatable bonds is 4. The highest BCUT2D eigenvalue weighted by Crippen LogP contribution is 2.33. The Morgan fingerprint density at radius 1 is 1.39 bits per heavy atom. The molecule has 0 amide bonds. The van der Waals surface area contributed by atoms with Gasteiger partial charge in [-0.2, -0.15) is 0 Å². The van der Waals surface area contributed by atoms with Crippen LogP contribution in [0.2, 0.25) is 0 Å². The average Bonchev–Trinajstić information content (AvgIpc) is 2.88. The van der Waals surface area contributed by atoms with Crippen LogP contribution in [-0.4, -0.2) is 21.6 Å². The number of para-hydroxylation sites is 1. The van der Waals surface area contributed by atoms with Gasteiger partial charge in [0.1, 0.15) is 11.5 Å². The maximum atomic E-state index is 12.2. The topological polar surface area (TPSA) is 109 Å². The number of aromatic hydroxyl groups is 1. The van der Waals surface area contributed by atoms with Crippen molar-refractivity contribution >= 4 is 10.9 Å². The van der Waals surface area contributed by atoms with Crippen molar-refractivity contribution in [3.8, 4) is 5.75 Å². The minimum atomic E-state index is -0.905. The second kappa shape index (κ2) is 5.60. The average molecular weight is 314 g/mol. The van der Waals surface area contributed by atoms with Crippen molar-refractivity contribution in [2.45, 2.75) is 12.8 Å². The van der Waals surface area contributed by atoms with Crippen molar-refractivity contribution in [1.29, 1.82) is 0 Å². The Hall–Kier alpha value is -3.09. The number of hydrogen-bond acceptors (Lipinski definition) is 5. The third-order valence-corrected chi connectivity index (χ3v) is 3.77. The lowest BCUT2D eigenvalue weighted by molar-refractivity contribution is -0.481. The van der Waals surface area contributed by atoms with Crippen molar-refractivity contribution in [1.82, 2.24) is 4.98 Å².